The molecule has 0 fully saturated rings. The molecule has 48 valence electrons. The van der Waals surface area contributed by atoms with Crippen LogP contribution in [0.25, 0.3) is 0 Å². The fourth-order valence-corrected chi connectivity index (χ4v) is 0.455. The van der Waals surface area contributed by atoms with Crippen LogP contribution in [0.1, 0.15) is 27.7 Å². The molecule has 0 amide bonds. The molecule has 0 aliphatic rings. The smallest absolute Gasteiger partial charge is 0.00405 e. The van der Waals surface area contributed by atoms with E-state index >= 15 is 0 Å². The molecule has 1 nitrogen and oxygen atoms in total. The fraction of sp³-hybridized carbons (Fsp3) is 0.714. The van der Waals surface area contributed by atoms with Gasteiger partial charge in [-0.2, -0.15) is 0 Å². The van der Waals surface area contributed by atoms with Gasteiger partial charge in [0.1, 0.15) is 0 Å². The summed E-state index contributed by atoms with van der Waals surface area (Å²) in [6, 6.07) is 0. The molecule has 2 N–H and O–H groups in total. The molecule has 0 radical (unpaired) electrons. The van der Waals surface area contributed by atoms with Crippen molar-refractivity contribution < 1.29 is 0 Å². The first-order valence-electron chi connectivity index (χ1n) is 2.98. The Morgan fingerprint density at radius 2 is 1.62 bits per heavy atom. The highest BCUT2D eigenvalue weighted by atomic mass is 14.6. The summed E-state index contributed by atoms with van der Waals surface area (Å²) in [5, 5.41) is 0. The maximum absolute atomic E-state index is 5.52. The second kappa shape index (κ2) is 2.75. The van der Waals surface area contributed by atoms with E-state index in [4.69, 9.17) is 5.73 Å². The Morgan fingerprint density at radius 1 is 1.25 bits per heavy atom. The van der Waals surface area contributed by atoms with Crippen LogP contribution in [0.5, 0.6) is 0 Å². The van der Waals surface area contributed by atoms with Gasteiger partial charge < -0.3 is 5.73 Å². The standard InChI is InChI=1S/C7H15N/c1-5(2)6(3)7(4)8/h5H,8H2,1-4H3. The van der Waals surface area contributed by atoms with Gasteiger partial charge in [-0.05, 0) is 19.8 Å². The highest BCUT2D eigenvalue weighted by Gasteiger charge is 1.96. The van der Waals surface area contributed by atoms with Crippen molar-refractivity contribution in [3.8, 4) is 0 Å². The molecule has 0 atom stereocenters. The SMILES string of the molecule is CC(N)=C(C)C(C)C. The van der Waals surface area contributed by atoms with Crippen LogP contribution in [0, 0.1) is 5.92 Å². The van der Waals surface area contributed by atoms with E-state index in [1.807, 2.05) is 6.92 Å². The summed E-state index contributed by atoms with van der Waals surface area (Å²) in [6.45, 7) is 8.30. The molecule has 0 aliphatic carbocycles. The lowest BCUT2D eigenvalue weighted by molar-refractivity contribution is 0.754. The second-order valence-electron chi connectivity index (χ2n) is 2.52. The zero-order valence-corrected chi connectivity index (χ0v) is 6.15. The van der Waals surface area contributed by atoms with Crippen LogP contribution in [-0.2, 0) is 0 Å². The monoisotopic (exact) mass is 113 g/mol. The van der Waals surface area contributed by atoms with Crippen LogP contribution < -0.4 is 5.73 Å². The van der Waals surface area contributed by atoms with E-state index in [1.54, 1.807) is 0 Å². The molecule has 0 aromatic carbocycles. The summed E-state index contributed by atoms with van der Waals surface area (Å²) >= 11 is 0. The first kappa shape index (κ1) is 7.54. The Labute approximate surface area is 51.6 Å². The van der Waals surface area contributed by atoms with E-state index in [9.17, 15) is 0 Å². The number of hydrogen-bond acceptors (Lipinski definition) is 1. The van der Waals surface area contributed by atoms with Crippen molar-refractivity contribution in [3.05, 3.63) is 11.3 Å². The molecule has 0 rings (SSSR count). The lowest BCUT2D eigenvalue weighted by Crippen LogP contribution is -2.00. The minimum Gasteiger partial charge on any atom is -0.402 e. The molecule has 0 aromatic heterocycles. The van der Waals surface area contributed by atoms with E-state index in [2.05, 4.69) is 20.8 Å². The fourth-order valence-electron chi connectivity index (χ4n) is 0.455. The lowest BCUT2D eigenvalue weighted by atomic mass is 10.0. The van der Waals surface area contributed by atoms with Crippen molar-refractivity contribution in [2.45, 2.75) is 27.7 Å². The minimum absolute atomic E-state index is 0.597. The summed E-state index contributed by atoms with van der Waals surface area (Å²) in [5.74, 6) is 0.597. The van der Waals surface area contributed by atoms with Gasteiger partial charge in [-0.25, -0.2) is 0 Å². The predicted molar refractivity (Wildman–Crippen MR) is 37.4 cm³/mol. The van der Waals surface area contributed by atoms with Crippen molar-refractivity contribution >= 4 is 0 Å². The van der Waals surface area contributed by atoms with Gasteiger partial charge in [-0.15, -0.1) is 0 Å². The van der Waals surface area contributed by atoms with Crippen LogP contribution in [0.15, 0.2) is 11.3 Å². The van der Waals surface area contributed by atoms with Gasteiger partial charge in [0, 0.05) is 5.70 Å². The minimum atomic E-state index is 0.597. The second-order valence-corrected chi connectivity index (χ2v) is 2.52. The van der Waals surface area contributed by atoms with Crippen LogP contribution in [0.4, 0.5) is 0 Å². The normalized spacial score (nSPS) is 14.1. The van der Waals surface area contributed by atoms with Gasteiger partial charge in [0.05, 0.1) is 0 Å². The molecule has 0 aromatic rings. The topological polar surface area (TPSA) is 26.0 Å². The molecule has 0 unspecified atom stereocenters. The summed E-state index contributed by atoms with van der Waals surface area (Å²) in [7, 11) is 0. The summed E-state index contributed by atoms with van der Waals surface area (Å²) in [4.78, 5) is 0. The number of allylic oxidation sites excluding steroid dienone is 2. The van der Waals surface area contributed by atoms with Crippen molar-refractivity contribution in [1.82, 2.24) is 0 Å². The third-order valence-electron chi connectivity index (χ3n) is 1.49. The van der Waals surface area contributed by atoms with Crippen molar-refractivity contribution in [2.75, 3.05) is 0 Å². The molecular weight excluding hydrogens is 98.1 g/mol. The molecule has 0 saturated carbocycles. The van der Waals surface area contributed by atoms with E-state index in [0.29, 0.717) is 5.92 Å². The van der Waals surface area contributed by atoms with E-state index in [-0.39, 0.29) is 0 Å². The zero-order valence-electron chi connectivity index (χ0n) is 6.15. The molecule has 0 saturated heterocycles. The lowest BCUT2D eigenvalue weighted by Gasteiger charge is -2.05. The van der Waals surface area contributed by atoms with E-state index < -0.39 is 0 Å². The van der Waals surface area contributed by atoms with E-state index in [1.165, 1.54) is 5.57 Å². The molecule has 0 aliphatic heterocycles. The van der Waals surface area contributed by atoms with Gasteiger partial charge in [0.15, 0.2) is 0 Å². The average molecular weight is 113 g/mol. The number of nitrogens with two attached hydrogens (primary N) is 1. The molecule has 1 heteroatoms. The Bertz CT molecular complexity index is 97.0. The Balaban J connectivity index is 4.00. The third-order valence-corrected chi connectivity index (χ3v) is 1.49. The van der Waals surface area contributed by atoms with Gasteiger partial charge in [0.25, 0.3) is 0 Å². The zero-order chi connectivity index (χ0) is 6.73. The Kier molecular flexibility index (Phi) is 2.59. The molecule has 0 spiro atoms. The maximum Gasteiger partial charge on any atom is 0.00405 e. The summed E-state index contributed by atoms with van der Waals surface area (Å²) in [6.07, 6.45) is 0. The molecule has 0 bridgehead atoms. The van der Waals surface area contributed by atoms with Crippen LogP contribution >= 0.6 is 0 Å². The van der Waals surface area contributed by atoms with Gasteiger partial charge in [0.2, 0.25) is 0 Å². The first-order chi connectivity index (χ1) is 3.55. The first-order valence-corrected chi connectivity index (χ1v) is 2.98. The molecule has 8 heavy (non-hydrogen) atoms. The van der Waals surface area contributed by atoms with Crippen LogP contribution in [0.2, 0.25) is 0 Å². The van der Waals surface area contributed by atoms with Gasteiger partial charge >= 0.3 is 0 Å². The average Bonchev–Trinajstić information content (AvgIpc) is 1.64. The van der Waals surface area contributed by atoms with Crippen molar-refractivity contribution in [1.29, 1.82) is 0 Å². The highest BCUT2D eigenvalue weighted by Crippen LogP contribution is 2.09. The number of rotatable bonds is 1. The van der Waals surface area contributed by atoms with Crippen molar-refractivity contribution in [2.24, 2.45) is 11.7 Å². The Hall–Kier alpha value is -0.460. The molecular formula is C7H15N. The Morgan fingerprint density at radius 3 is 1.62 bits per heavy atom. The van der Waals surface area contributed by atoms with Gasteiger partial charge in [-0.3, -0.25) is 0 Å². The largest absolute Gasteiger partial charge is 0.402 e. The highest BCUT2D eigenvalue weighted by molar-refractivity contribution is 5.07. The number of hydrogen-bond donors (Lipinski definition) is 1. The van der Waals surface area contributed by atoms with Crippen molar-refractivity contribution in [3.63, 3.8) is 0 Å². The summed E-state index contributed by atoms with van der Waals surface area (Å²) in [5.41, 5.74) is 7.77. The van der Waals surface area contributed by atoms with Crippen LogP contribution in [-0.4, -0.2) is 0 Å². The van der Waals surface area contributed by atoms with E-state index in [0.717, 1.165) is 5.70 Å². The van der Waals surface area contributed by atoms with Crippen LogP contribution in [0.3, 0.4) is 0 Å². The predicted octanol–water partition coefficient (Wildman–Crippen LogP) is 1.90. The maximum atomic E-state index is 5.52. The third kappa shape index (κ3) is 2.01. The quantitative estimate of drug-likeness (QED) is 0.552. The molecule has 0 heterocycles. The van der Waals surface area contributed by atoms with Gasteiger partial charge in [-0.1, -0.05) is 19.4 Å². The summed E-state index contributed by atoms with van der Waals surface area (Å²) < 4.78 is 0.